The van der Waals surface area contributed by atoms with Crippen LogP contribution in [0.3, 0.4) is 0 Å². The van der Waals surface area contributed by atoms with Crippen molar-refractivity contribution in [1.29, 1.82) is 0 Å². The van der Waals surface area contributed by atoms with Crippen LogP contribution in [0, 0.1) is 32.2 Å². The maximum atomic E-state index is 14.0. The molecule has 104 valence electrons. The zero-order valence-corrected chi connectivity index (χ0v) is 12.7. The summed E-state index contributed by atoms with van der Waals surface area (Å²) in [7, 11) is 0. The van der Waals surface area contributed by atoms with Gasteiger partial charge in [0.15, 0.2) is 5.82 Å². The van der Waals surface area contributed by atoms with E-state index in [0.29, 0.717) is 9.26 Å². The molecule has 0 aliphatic carbocycles. The average molecular weight is 412 g/mol. The molecule has 0 radical (unpaired) electrons. The molecule has 0 N–H and O–H groups in total. The summed E-state index contributed by atoms with van der Waals surface area (Å²) in [6, 6.07) is 1.54. The number of halogens is 4. The van der Waals surface area contributed by atoms with E-state index in [1.807, 2.05) is 22.6 Å². The highest BCUT2D eigenvalue weighted by Crippen LogP contribution is 2.31. The monoisotopic (exact) mass is 411 g/mol. The molecule has 0 saturated carbocycles. The molecule has 0 amide bonds. The Labute approximate surface area is 130 Å². The molecule has 0 aliphatic rings. The van der Waals surface area contributed by atoms with E-state index < -0.39 is 27.8 Å². The molecule has 0 aliphatic heterocycles. The first-order chi connectivity index (χ1) is 9.32. The predicted molar refractivity (Wildman–Crippen MR) is 76.5 cm³/mol. The van der Waals surface area contributed by atoms with Crippen molar-refractivity contribution < 1.29 is 13.7 Å². The summed E-state index contributed by atoms with van der Waals surface area (Å²) in [5.74, 6) is -2.65. The average Bonchev–Trinajstić information content (AvgIpc) is 2.35. The minimum atomic E-state index is -1.33. The largest absolute Gasteiger partial charge is 0.305 e. The highest BCUT2D eigenvalue weighted by molar-refractivity contribution is 14.1. The summed E-state index contributed by atoms with van der Waals surface area (Å²) in [4.78, 5) is 17.4. The Morgan fingerprint density at radius 3 is 2.55 bits per heavy atom. The Morgan fingerprint density at radius 2 is 2.00 bits per heavy atom. The number of rotatable bonds is 2. The van der Waals surface area contributed by atoms with Crippen LogP contribution in [-0.4, -0.2) is 14.9 Å². The van der Waals surface area contributed by atoms with Crippen molar-refractivity contribution in [3.8, 4) is 11.4 Å². The van der Waals surface area contributed by atoms with Gasteiger partial charge in [-0.1, -0.05) is 11.6 Å². The third-order valence-corrected chi connectivity index (χ3v) is 4.35. The summed E-state index contributed by atoms with van der Waals surface area (Å²) in [6.07, 6.45) is 0. The van der Waals surface area contributed by atoms with Gasteiger partial charge < -0.3 is 0 Å². The SMILES string of the molecule is Cc1nc(-c2c(F)ccc([N+](=O)[O-])c2F)nc(Cl)c1I. The Kier molecular flexibility index (Phi) is 4.14. The Morgan fingerprint density at radius 1 is 1.35 bits per heavy atom. The first kappa shape index (κ1) is 15.0. The Balaban J connectivity index is 2.76. The van der Waals surface area contributed by atoms with Crippen molar-refractivity contribution in [2.45, 2.75) is 6.92 Å². The van der Waals surface area contributed by atoms with Gasteiger partial charge in [-0.3, -0.25) is 10.1 Å². The summed E-state index contributed by atoms with van der Waals surface area (Å²) < 4.78 is 28.3. The third-order valence-electron chi connectivity index (χ3n) is 2.47. The number of nitrogens with zero attached hydrogens (tertiary/aromatic N) is 3. The molecule has 1 aromatic heterocycles. The normalized spacial score (nSPS) is 10.7. The van der Waals surface area contributed by atoms with Gasteiger partial charge in [0.1, 0.15) is 11.0 Å². The summed E-state index contributed by atoms with van der Waals surface area (Å²) in [5, 5.41) is 10.7. The minimum Gasteiger partial charge on any atom is -0.258 e. The van der Waals surface area contributed by atoms with Gasteiger partial charge >= 0.3 is 5.69 Å². The van der Waals surface area contributed by atoms with E-state index in [4.69, 9.17) is 11.6 Å². The van der Waals surface area contributed by atoms with E-state index in [1.165, 1.54) is 0 Å². The molecule has 0 fully saturated rings. The number of hydrogen-bond donors (Lipinski definition) is 0. The van der Waals surface area contributed by atoms with Crippen LogP contribution in [0.4, 0.5) is 14.5 Å². The lowest BCUT2D eigenvalue weighted by molar-refractivity contribution is -0.387. The Bertz CT molecular complexity index is 704. The van der Waals surface area contributed by atoms with Crippen molar-refractivity contribution in [1.82, 2.24) is 9.97 Å². The van der Waals surface area contributed by atoms with Crippen molar-refractivity contribution >= 4 is 39.9 Å². The predicted octanol–water partition coefficient (Wildman–Crippen LogP) is 3.90. The van der Waals surface area contributed by atoms with Crippen LogP contribution in [0.2, 0.25) is 5.15 Å². The number of aryl methyl sites for hydroxylation is 1. The lowest BCUT2D eigenvalue weighted by Gasteiger charge is -2.07. The molecule has 1 heterocycles. The quantitative estimate of drug-likeness (QED) is 0.325. The van der Waals surface area contributed by atoms with Gasteiger partial charge in [0.2, 0.25) is 5.82 Å². The molecular formula is C11H5ClF2IN3O2. The van der Waals surface area contributed by atoms with Crippen LogP contribution in [0.1, 0.15) is 5.69 Å². The second-order valence-corrected chi connectivity index (χ2v) is 5.19. The van der Waals surface area contributed by atoms with Crippen LogP contribution < -0.4 is 0 Å². The van der Waals surface area contributed by atoms with E-state index in [-0.39, 0.29) is 11.0 Å². The minimum absolute atomic E-state index is 0.0263. The zero-order chi connectivity index (χ0) is 15.0. The van der Waals surface area contributed by atoms with Gasteiger partial charge in [-0.25, -0.2) is 14.4 Å². The van der Waals surface area contributed by atoms with Gasteiger partial charge in [0.25, 0.3) is 0 Å². The zero-order valence-electron chi connectivity index (χ0n) is 9.82. The first-order valence-electron chi connectivity index (χ1n) is 5.15. The topological polar surface area (TPSA) is 68.9 Å². The number of benzene rings is 1. The third kappa shape index (κ3) is 2.57. The van der Waals surface area contributed by atoms with Gasteiger partial charge in [-0.15, -0.1) is 0 Å². The molecule has 0 spiro atoms. The number of aromatic nitrogens is 2. The summed E-state index contributed by atoms with van der Waals surface area (Å²) in [5.41, 5.74) is -1.09. The molecular weight excluding hydrogens is 406 g/mol. The fourth-order valence-electron chi connectivity index (χ4n) is 1.52. The van der Waals surface area contributed by atoms with Gasteiger partial charge in [-0.05, 0) is 35.6 Å². The van der Waals surface area contributed by atoms with Gasteiger partial charge in [-0.2, -0.15) is 4.39 Å². The van der Waals surface area contributed by atoms with Crippen LogP contribution >= 0.6 is 34.2 Å². The van der Waals surface area contributed by atoms with Crippen molar-refractivity contribution in [2.75, 3.05) is 0 Å². The molecule has 9 heteroatoms. The lowest BCUT2D eigenvalue weighted by atomic mass is 10.1. The summed E-state index contributed by atoms with van der Waals surface area (Å²) >= 11 is 7.73. The molecule has 5 nitrogen and oxygen atoms in total. The van der Waals surface area contributed by atoms with E-state index in [9.17, 15) is 18.9 Å². The fourth-order valence-corrected chi connectivity index (χ4v) is 1.98. The van der Waals surface area contributed by atoms with Crippen LogP contribution in [0.5, 0.6) is 0 Å². The highest BCUT2D eigenvalue weighted by Gasteiger charge is 2.25. The maximum Gasteiger partial charge on any atom is 0.305 e. The number of nitro benzene ring substituents is 1. The molecule has 0 unspecified atom stereocenters. The highest BCUT2D eigenvalue weighted by atomic mass is 127. The standard InChI is InChI=1S/C11H5ClF2IN3O2/c1-4-9(15)10(12)17-11(16-4)7-5(13)2-3-6(8(7)14)18(19)20/h2-3H,1H3. The van der Waals surface area contributed by atoms with Gasteiger partial charge in [0.05, 0.1) is 19.8 Å². The first-order valence-corrected chi connectivity index (χ1v) is 6.61. The Hall–Kier alpha value is -1.42. The molecule has 0 atom stereocenters. The van der Waals surface area contributed by atoms with Gasteiger partial charge in [0, 0.05) is 6.07 Å². The van der Waals surface area contributed by atoms with Crippen molar-refractivity contribution in [3.05, 3.63) is 48.3 Å². The molecule has 1 aromatic carbocycles. The maximum absolute atomic E-state index is 14.0. The van der Waals surface area contributed by atoms with Crippen molar-refractivity contribution in [3.63, 3.8) is 0 Å². The molecule has 20 heavy (non-hydrogen) atoms. The second-order valence-electron chi connectivity index (χ2n) is 3.75. The molecule has 2 rings (SSSR count). The fraction of sp³-hybridized carbons (Fsp3) is 0.0909. The van der Waals surface area contributed by atoms with Crippen LogP contribution in [-0.2, 0) is 0 Å². The number of hydrogen-bond acceptors (Lipinski definition) is 4. The summed E-state index contributed by atoms with van der Waals surface area (Å²) in [6.45, 7) is 1.59. The van der Waals surface area contributed by atoms with E-state index in [2.05, 4.69) is 9.97 Å². The van der Waals surface area contributed by atoms with Crippen molar-refractivity contribution in [2.24, 2.45) is 0 Å². The smallest absolute Gasteiger partial charge is 0.258 e. The van der Waals surface area contributed by atoms with Crippen LogP contribution in [0.25, 0.3) is 11.4 Å². The van der Waals surface area contributed by atoms with E-state index >= 15 is 0 Å². The van der Waals surface area contributed by atoms with E-state index in [1.54, 1.807) is 6.92 Å². The molecule has 0 saturated heterocycles. The lowest BCUT2D eigenvalue weighted by Crippen LogP contribution is -2.03. The van der Waals surface area contributed by atoms with Crippen LogP contribution in [0.15, 0.2) is 12.1 Å². The van der Waals surface area contributed by atoms with E-state index in [0.717, 1.165) is 12.1 Å². The second kappa shape index (κ2) is 5.52. The molecule has 0 bridgehead atoms. The molecule has 2 aromatic rings. The number of nitro groups is 1.